The summed E-state index contributed by atoms with van der Waals surface area (Å²) in [5.41, 5.74) is -0.130. The predicted molar refractivity (Wildman–Crippen MR) is 83.8 cm³/mol. The Bertz CT molecular complexity index is 539. The Labute approximate surface area is 139 Å². The first-order valence-corrected chi connectivity index (χ1v) is 8.31. The van der Waals surface area contributed by atoms with Crippen LogP contribution in [0.5, 0.6) is 5.88 Å². The Kier molecular flexibility index (Phi) is 5.00. The summed E-state index contributed by atoms with van der Waals surface area (Å²) in [5.74, 6) is 1.23. The van der Waals surface area contributed by atoms with Crippen LogP contribution >= 0.6 is 0 Å². The van der Waals surface area contributed by atoms with Gasteiger partial charge in [-0.3, -0.25) is 0 Å². The van der Waals surface area contributed by atoms with Crippen LogP contribution in [0.4, 0.5) is 4.79 Å². The van der Waals surface area contributed by atoms with Crippen molar-refractivity contribution in [2.75, 3.05) is 6.54 Å². The molecule has 0 bridgehead atoms. The van der Waals surface area contributed by atoms with Gasteiger partial charge in [0.05, 0.1) is 0 Å². The molecule has 1 aromatic rings. The maximum atomic E-state index is 11.4. The SMILES string of the molecule is Cc1nc([As])cc(OC2CCN(C(=O)O)C(C(C)(C)C)C2)n1. The van der Waals surface area contributed by atoms with E-state index in [9.17, 15) is 9.90 Å². The van der Waals surface area contributed by atoms with Gasteiger partial charge < -0.3 is 0 Å². The molecule has 0 spiro atoms. The molecule has 22 heavy (non-hydrogen) atoms. The summed E-state index contributed by atoms with van der Waals surface area (Å²) in [7, 11) is 0. The van der Waals surface area contributed by atoms with E-state index in [-0.39, 0.29) is 17.6 Å². The van der Waals surface area contributed by atoms with E-state index in [1.165, 1.54) is 4.90 Å². The summed E-state index contributed by atoms with van der Waals surface area (Å²) >= 11 is 2.38. The number of ether oxygens (including phenoxy) is 1. The van der Waals surface area contributed by atoms with Crippen molar-refractivity contribution >= 4 is 27.4 Å². The molecule has 1 aromatic heterocycles. The van der Waals surface area contributed by atoms with Crippen LogP contribution in [-0.2, 0) is 0 Å². The molecule has 6 nitrogen and oxygen atoms in total. The molecule has 1 aliphatic rings. The molecule has 1 N–H and O–H groups in total. The first-order valence-electron chi connectivity index (χ1n) is 7.37. The van der Waals surface area contributed by atoms with Crippen molar-refractivity contribution < 1.29 is 14.6 Å². The van der Waals surface area contributed by atoms with Gasteiger partial charge in [0.15, 0.2) is 0 Å². The van der Waals surface area contributed by atoms with Gasteiger partial charge in [-0.1, -0.05) is 0 Å². The van der Waals surface area contributed by atoms with Gasteiger partial charge in [-0.25, -0.2) is 0 Å². The molecule has 2 rings (SSSR count). The fraction of sp³-hybridized carbons (Fsp3) is 0.667. The zero-order valence-electron chi connectivity index (χ0n) is 13.4. The first kappa shape index (κ1) is 17.1. The standard InChI is InChI=1S/C15H22AsN3O3/c1-9-17-12(16)8-13(18-9)22-10-5-6-19(14(20)21)11(7-10)15(2,3)4/h8,10-11H,5-7H2,1-4H3,(H,20,21). The summed E-state index contributed by atoms with van der Waals surface area (Å²) in [6, 6.07) is 1.73. The summed E-state index contributed by atoms with van der Waals surface area (Å²) in [6.07, 6.45) is 0.466. The minimum atomic E-state index is -0.857. The predicted octanol–water partition coefficient (Wildman–Crippen LogP) is 1.51. The fourth-order valence-corrected chi connectivity index (χ4v) is 3.38. The van der Waals surface area contributed by atoms with Crippen molar-refractivity contribution in [2.45, 2.75) is 52.7 Å². The van der Waals surface area contributed by atoms with Crippen LogP contribution in [0.25, 0.3) is 0 Å². The van der Waals surface area contributed by atoms with E-state index in [1.807, 2.05) is 6.92 Å². The third-order valence-corrected chi connectivity index (χ3v) is 4.37. The summed E-state index contributed by atoms with van der Waals surface area (Å²) in [4.78, 5) is 21.5. The Hall–Kier alpha value is -1.29. The monoisotopic (exact) mass is 367 g/mol. The summed E-state index contributed by atoms with van der Waals surface area (Å²) in [5, 5.41) is 9.38. The van der Waals surface area contributed by atoms with Crippen molar-refractivity contribution in [1.29, 1.82) is 0 Å². The zero-order valence-corrected chi connectivity index (χ0v) is 15.3. The number of carboxylic acid groups (broad SMARTS) is 1. The van der Waals surface area contributed by atoms with Crippen LogP contribution in [-0.4, -0.2) is 61.6 Å². The third-order valence-electron chi connectivity index (χ3n) is 3.89. The van der Waals surface area contributed by atoms with Crippen molar-refractivity contribution in [3.05, 3.63) is 11.9 Å². The molecular weight excluding hydrogens is 345 g/mol. The molecule has 1 aliphatic heterocycles. The van der Waals surface area contributed by atoms with E-state index in [1.54, 1.807) is 6.07 Å². The molecule has 2 unspecified atom stereocenters. The quantitative estimate of drug-likeness (QED) is 0.802. The third kappa shape index (κ3) is 4.13. The molecule has 7 heteroatoms. The number of rotatable bonds is 2. The van der Waals surface area contributed by atoms with Crippen LogP contribution in [0, 0.1) is 12.3 Å². The Morgan fingerprint density at radius 3 is 2.68 bits per heavy atom. The average molecular weight is 367 g/mol. The molecule has 120 valence electrons. The molecule has 0 aromatic carbocycles. The van der Waals surface area contributed by atoms with Crippen LogP contribution in [0.3, 0.4) is 0 Å². The number of likely N-dealkylation sites (tertiary alicyclic amines) is 1. The number of hydrogen-bond acceptors (Lipinski definition) is 4. The maximum absolute atomic E-state index is 11.4. The average Bonchev–Trinajstić information content (AvgIpc) is 2.36. The second kappa shape index (κ2) is 6.45. The Balaban J connectivity index is 2.12. The first-order chi connectivity index (χ1) is 10.2. The topological polar surface area (TPSA) is 75.5 Å². The molecule has 0 aliphatic carbocycles. The number of amides is 1. The van der Waals surface area contributed by atoms with Crippen molar-refractivity contribution in [3.63, 3.8) is 0 Å². The number of nitrogens with zero attached hydrogens (tertiary/aromatic N) is 3. The second-order valence-corrected chi connectivity index (χ2v) is 7.69. The van der Waals surface area contributed by atoms with E-state index in [0.29, 0.717) is 31.1 Å². The van der Waals surface area contributed by atoms with E-state index >= 15 is 0 Å². The number of piperidine rings is 1. The summed E-state index contributed by atoms with van der Waals surface area (Å²) in [6.45, 7) is 8.50. The normalized spacial score (nSPS) is 22.5. The number of aromatic nitrogens is 2. The number of carbonyl (C=O) groups is 1. The molecule has 2 atom stereocenters. The fourth-order valence-electron chi connectivity index (χ4n) is 2.85. The van der Waals surface area contributed by atoms with E-state index in [0.717, 1.165) is 4.48 Å². The summed E-state index contributed by atoms with van der Waals surface area (Å²) < 4.78 is 6.80. The molecular formula is C15H22AsN3O3. The zero-order chi connectivity index (χ0) is 16.5. The number of aryl methyl sites for hydroxylation is 1. The molecule has 2 heterocycles. The van der Waals surface area contributed by atoms with Gasteiger partial charge in [-0.2, -0.15) is 0 Å². The molecule has 1 fully saturated rings. The number of hydrogen-bond donors (Lipinski definition) is 1. The van der Waals surface area contributed by atoms with Crippen LogP contribution in [0.2, 0.25) is 0 Å². The van der Waals surface area contributed by atoms with Crippen LogP contribution < -0.4 is 9.22 Å². The van der Waals surface area contributed by atoms with E-state index < -0.39 is 6.09 Å². The van der Waals surface area contributed by atoms with Gasteiger partial charge in [0, 0.05) is 0 Å². The molecule has 0 saturated carbocycles. The van der Waals surface area contributed by atoms with Crippen LogP contribution in [0.1, 0.15) is 39.4 Å². The van der Waals surface area contributed by atoms with Gasteiger partial charge in [-0.15, -0.1) is 0 Å². The van der Waals surface area contributed by atoms with Gasteiger partial charge in [-0.05, 0) is 0 Å². The van der Waals surface area contributed by atoms with Gasteiger partial charge in [0.1, 0.15) is 0 Å². The van der Waals surface area contributed by atoms with Gasteiger partial charge in [0.25, 0.3) is 0 Å². The molecule has 1 amide bonds. The van der Waals surface area contributed by atoms with Gasteiger partial charge >= 0.3 is 139 Å². The Morgan fingerprint density at radius 2 is 2.14 bits per heavy atom. The van der Waals surface area contributed by atoms with Crippen molar-refractivity contribution in [1.82, 2.24) is 14.9 Å². The van der Waals surface area contributed by atoms with E-state index in [2.05, 4.69) is 47.6 Å². The minimum absolute atomic E-state index is 0.0268. The van der Waals surface area contributed by atoms with E-state index in [4.69, 9.17) is 4.74 Å². The molecule has 1 saturated heterocycles. The Morgan fingerprint density at radius 1 is 1.45 bits per heavy atom. The van der Waals surface area contributed by atoms with Gasteiger partial charge in [0.2, 0.25) is 0 Å². The van der Waals surface area contributed by atoms with Crippen molar-refractivity contribution in [3.8, 4) is 5.88 Å². The van der Waals surface area contributed by atoms with Crippen molar-refractivity contribution in [2.24, 2.45) is 5.41 Å². The molecule has 2 radical (unpaired) electrons. The second-order valence-electron chi connectivity index (χ2n) is 6.73. The van der Waals surface area contributed by atoms with Crippen LogP contribution in [0.15, 0.2) is 6.07 Å².